The fourth-order valence-corrected chi connectivity index (χ4v) is 4.63. The third-order valence-electron chi connectivity index (χ3n) is 3.26. The molecular formula is C12H14BrFO3S. The lowest BCUT2D eigenvalue weighted by Gasteiger charge is -2.27. The van der Waals surface area contributed by atoms with E-state index in [2.05, 4.69) is 15.9 Å². The van der Waals surface area contributed by atoms with Crippen molar-refractivity contribution in [3.63, 3.8) is 0 Å². The standard InChI is InChI=1S/C12H14BrFO3S/c13-8-4-5-10(14)9(7-8)12(15)11-3-1-2-6-18(11,16)17/h4-5,7,11-12,15H,1-3,6H2. The number of aliphatic hydroxyl groups excluding tert-OH is 1. The van der Waals surface area contributed by atoms with Crippen molar-refractivity contribution in [2.45, 2.75) is 30.6 Å². The molecule has 1 aromatic carbocycles. The monoisotopic (exact) mass is 336 g/mol. The first-order valence-corrected chi connectivity index (χ1v) is 8.27. The largest absolute Gasteiger partial charge is 0.387 e. The lowest BCUT2D eigenvalue weighted by molar-refractivity contribution is 0.160. The maximum atomic E-state index is 13.7. The molecule has 0 spiro atoms. The molecule has 100 valence electrons. The Hall–Kier alpha value is -0.460. The van der Waals surface area contributed by atoms with Crippen LogP contribution in [-0.2, 0) is 9.84 Å². The molecule has 0 amide bonds. The molecule has 1 fully saturated rings. The second-order valence-corrected chi connectivity index (χ2v) is 7.77. The summed E-state index contributed by atoms with van der Waals surface area (Å²) in [6, 6.07) is 4.17. The first-order valence-electron chi connectivity index (χ1n) is 5.76. The molecule has 6 heteroatoms. The molecule has 1 aromatic rings. The van der Waals surface area contributed by atoms with Crippen LogP contribution in [0.3, 0.4) is 0 Å². The van der Waals surface area contributed by atoms with Gasteiger partial charge in [-0.25, -0.2) is 12.8 Å². The van der Waals surface area contributed by atoms with Crippen molar-refractivity contribution in [1.29, 1.82) is 0 Å². The Morgan fingerprint density at radius 2 is 2.11 bits per heavy atom. The molecular weight excluding hydrogens is 323 g/mol. The van der Waals surface area contributed by atoms with Gasteiger partial charge in [0, 0.05) is 10.0 Å². The summed E-state index contributed by atoms with van der Waals surface area (Å²) in [5.41, 5.74) is 0.0415. The number of aliphatic hydroxyl groups is 1. The summed E-state index contributed by atoms with van der Waals surface area (Å²) in [4.78, 5) is 0. The summed E-state index contributed by atoms with van der Waals surface area (Å²) < 4.78 is 38.1. The number of halogens is 2. The van der Waals surface area contributed by atoms with Crippen molar-refractivity contribution in [1.82, 2.24) is 0 Å². The Kier molecular flexibility index (Phi) is 4.08. The molecule has 0 saturated carbocycles. The molecule has 1 aliphatic rings. The minimum Gasteiger partial charge on any atom is -0.387 e. The van der Waals surface area contributed by atoms with Crippen molar-refractivity contribution in [2.24, 2.45) is 0 Å². The minimum absolute atomic E-state index is 0.0415. The van der Waals surface area contributed by atoms with Crippen LogP contribution in [-0.4, -0.2) is 24.5 Å². The van der Waals surface area contributed by atoms with Gasteiger partial charge in [-0.15, -0.1) is 0 Å². The van der Waals surface area contributed by atoms with E-state index in [1.807, 2.05) is 0 Å². The van der Waals surface area contributed by atoms with E-state index in [9.17, 15) is 17.9 Å². The Morgan fingerprint density at radius 1 is 1.39 bits per heavy atom. The van der Waals surface area contributed by atoms with Gasteiger partial charge in [-0.3, -0.25) is 0 Å². The Morgan fingerprint density at radius 3 is 2.78 bits per heavy atom. The van der Waals surface area contributed by atoms with E-state index < -0.39 is 27.0 Å². The molecule has 2 atom stereocenters. The van der Waals surface area contributed by atoms with E-state index in [-0.39, 0.29) is 11.3 Å². The summed E-state index contributed by atoms with van der Waals surface area (Å²) in [5, 5.41) is 9.25. The van der Waals surface area contributed by atoms with Crippen LogP contribution in [0.1, 0.15) is 30.9 Å². The highest BCUT2D eigenvalue weighted by molar-refractivity contribution is 9.10. The van der Waals surface area contributed by atoms with Gasteiger partial charge in [-0.1, -0.05) is 22.4 Å². The van der Waals surface area contributed by atoms with E-state index in [1.165, 1.54) is 18.2 Å². The topological polar surface area (TPSA) is 54.4 Å². The fourth-order valence-electron chi connectivity index (χ4n) is 2.28. The summed E-state index contributed by atoms with van der Waals surface area (Å²) in [6.07, 6.45) is 0.450. The Bertz CT molecular complexity index is 544. The third kappa shape index (κ3) is 2.75. The maximum absolute atomic E-state index is 13.7. The van der Waals surface area contributed by atoms with Gasteiger partial charge in [0.05, 0.1) is 17.1 Å². The van der Waals surface area contributed by atoms with E-state index in [0.29, 0.717) is 17.3 Å². The average molecular weight is 337 g/mol. The van der Waals surface area contributed by atoms with Crippen LogP contribution in [0.4, 0.5) is 4.39 Å². The molecule has 18 heavy (non-hydrogen) atoms. The minimum atomic E-state index is -3.33. The van der Waals surface area contributed by atoms with Crippen LogP contribution in [0.5, 0.6) is 0 Å². The molecule has 3 nitrogen and oxygen atoms in total. The second kappa shape index (κ2) is 5.27. The zero-order valence-electron chi connectivity index (χ0n) is 9.64. The number of hydrogen-bond acceptors (Lipinski definition) is 3. The number of benzene rings is 1. The van der Waals surface area contributed by atoms with Gasteiger partial charge in [0.1, 0.15) is 5.82 Å². The summed E-state index contributed by atoms with van der Waals surface area (Å²) in [5.74, 6) is -0.504. The van der Waals surface area contributed by atoms with Crippen molar-refractivity contribution in [3.05, 3.63) is 34.1 Å². The molecule has 2 rings (SSSR count). The highest BCUT2D eigenvalue weighted by atomic mass is 79.9. The second-order valence-electron chi connectivity index (χ2n) is 4.51. The summed E-state index contributed by atoms with van der Waals surface area (Å²) in [6.45, 7) is 0. The van der Waals surface area contributed by atoms with Crippen molar-refractivity contribution >= 4 is 25.8 Å². The zero-order valence-corrected chi connectivity index (χ0v) is 12.0. The lowest BCUT2D eigenvalue weighted by Crippen LogP contribution is -2.34. The van der Waals surface area contributed by atoms with Crippen LogP contribution >= 0.6 is 15.9 Å². The number of sulfone groups is 1. The van der Waals surface area contributed by atoms with Crippen molar-refractivity contribution in [3.8, 4) is 0 Å². The van der Waals surface area contributed by atoms with E-state index in [1.54, 1.807) is 0 Å². The predicted molar refractivity (Wildman–Crippen MR) is 70.5 cm³/mol. The molecule has 2 unspecified atom stereocenters. The van der Waals surface area contributed by atoms with Gasteiger partial charge in [0.25, 0.3) is 0 Å². The van der Waals surface area contributed by atoms with E-state index in [4.69, 9.17) is 0 Å². The quantitative estimate of drug-likeness (QED) is 0.903. The van der Waals surface area contributed by atoms with Gasteiger partial charge >= 0.3 is 0 Å². The van der Waals surface area contributed by atoms with Gasteiger partial charge in [0.2, 0.25) is 0 Å². The van der Waals surface area contributed by atoms with E-state index >= 15 is 0 Å². The first-order chi connectivity index (χ1) is 8.42. The Labute approximate surface area is 114 Å². The molecule has 1 heterocycles. The van der Waals surface area contributed by atoms with Gasteiger partial charge in [0.15, 0.2) is 9.84 Å². The van der Waals surface area contributed by atoms with Crippen LogP contribution in [0, 0.1) is 5.82 Å². The smallest absolute Gasteiger partial charge is 0.156 e. The predicted octanol–water partition coefficient (Wildman–Crippen LogP) is 2.59. The van der Waals surface area contributed by atoms with Crippen molar-refractivity contribution < 1.29 is 17.9 Å². The molecule has 1 saturated heterocycles. The fraction of sp³-hybridized carbons (Fsp3) is 0.500. The highest BCUT2D eigenvalue weighted by Crippen LogP contribution is 2.32. The van der Waals surface area contributed by atoms with Crippen LogP contribution < -0.4 is 0 Å². The molecule has 1 N–H and O–H groups in total. The van der Waals surface area contributed by atoms with Crippen molar-refractivity contribution in [2.75, 3.05) is 5.75 Å². The van der Waals surface area contributed by atoms with Gasteiger partial charge in [-0.2, -0.15) is 0 Å². The SMILES string of the molecule is O=S1(=O)CCCCC1C(O)c1cc(Br)ccc1F. The zero-order chi connectivity index (χ0) is 13.3. The molecule has 1 aliphatic heterocycles. The molecule has 0 aliphatic carbocycles. The molecule has 0 radical (unpaired) electrons. The first kappa shape index (κ1) is 14.0. The maximum Gasteiger partial charge on any atom is 0.156 e. The number of hydrogen-bond donors (Lipinski definition) is 1. The highest BCUT2D eigenvalue weighted by Gasteiger charge is 2.36. The van der Waals surface area contributed by atoms with Gasteiger partial charge in [-0.05, 0) is 31.0 Å². The lowest BCUT2D eigenvalue weighted by atomic mass is 10.0. The summed E-state index contributed by atoms with van der Waals surface area (Å²) in [7, 11) is -3.33. The molecule has 0 aromatic heterocycles. The number of rotatable bonds is 2. The normalized spacial score (nSPS) is 24.7. The van der Waals surface area contributed by atoms with Crippen LogP contribution in [0.25, 0.3) is 0 Å². The van der Waals surface area contributed by atoms with Crippen LogP contribution in [0.15, 0.2) is 22.7 Å². The van der Waals surface area contributed by atoms with Crippen LogP contribution in [0.2, 0.25) is 0 Å². The molecule has 0 bridgehead atoms. The summed E-state index contributed by atoms with van der Waals surface area (Å²) >= 11 is 3.19. The Balaban J connectivity index is 2.35. The van der Waals surface area contributed by atoms with E-state index in [0.717, 1.165) is 6.42 Å². The average Bonchev–Trinajstić information content (AvgIpc) is 2.31. The third-order valence-corrected chi connectivity index (χ3v) is 6.02. The van der Waals surface area contributed by atoms with Gasteiger partial charge < -0.3 is 5.11 Å².